The smallest absolute Gasteiger partial charge is 0.337 e. The van der Waals surface area contributed by atoms with Crippen LogP contribution in [0.1, 0.15) is 10.4 Å². The fourth-order valence-electron chi connectivity index (χ4n) is 2.19. The molecule has 25 heavy (non-hydrogen) atoms. The first-order chi connectivity index (χ1) is 12.0. The van der Waals surface area contributed by atoms with Crippen molar-refractivity contribution in [3.05, 3.63) is 71.1 Å². The van der Waals surface area contributed by atoms with Crippen LogP contribution in [-0.4, -0.2) is 23.0 Å². The largest absolute Gasteiger partial charge is 0.465 e. The van der Waals surface area contributed by atoms with Gasteiger partial charge >= 0.3 is 5.97 Å². The molecule has 1 N–H and O–H groups in total. The molecular weight excluding hydrogens is 345 g/mol. The number of nitrogens with one attached hydrogen (secondary N) is 1. The maximum absolute atomic E-state index is 13.4. The van der Waals surface area contributed by atoms with E-state index in [1.807, 2.05) is 0 Å². The molecule has 0 unspecified atom stereocenters. The molecule has 126 valence electrons. The summed E-state index contributed by atoms with van der Waals surface area (Å²) >= 11 is 6.05. The quantitative estimate of drug-likeness (QED) is 0.551. The number of halogens is 2. The molecule has 0 aliphatic heterocycles. The summed E-state index contributed by atoms with van der Waals surface area (Å²) in [7, 11) is 1.32. The second-order valence-electron chi connectivity index (χ2n) is 5.10. The van der Waals surface area contributed by atoms with Gasteiger partial charge < -0.3 is 10.1 Å². The van der Waals surface area contributed by atoms with Crippen molar-refractivity contribution in [2.75, 3.05) is 12.4 Å². The maximum Gasteiger partial charge on any atom is 0.337 e. The van der Waals surface area contributed by atoms with Crippen molar-refractivity contribution in [3.63, 3.8) is 0 Å². The van der Waals surface area contributed by atoms with Gasteiger partial charge in [0.2, 0.25) is 0 Å². The summed E-state index contributed by atoms with van der Waals surface area (Å²) in [5.74, 6) is -0.0373. The Morgan fingerprint density at radius 2 is 1.88 bits per heavy atom. The Morgan fingerprint density at radius 3 is 2.56 bits per heavy atom. The number of methoxy groups -OCH3 is 1. The van der Waals surface area contributed by atoms with Gasteiger partial charge in [-0.15, -0.1) is 0 Å². The lowest BCUT2D eigenvalue weighted by molar-refractivity contribution is 0.0601. The van der Waals surface area contributed by atoms with Gasteiger partial charge in [0.05, 0.1) is 12.7 Å². The predicted molar refractivity (Wildman–Crippen MR) is 93.5 cm³/mol. The molecule has 3 rings (SSSR count). The van der Waals surface area contributed by atoms with Crippen molar-refractivity contribution < 1.29 is 13.9 Å². The van der Waals surface area contributed by atoms with Gasteiger partial charge in [-0.2, -0.15) is 0 Å². The highest BCUT2D eigenvalue weighted by Crippen LogP contribution is 2.23. The summed E-state index contributed by atoms with van der Waals surface area (Å²) in [5.41, 5.74) is 1.66. The van der Waals surface area contributed by atoms with Gasteiger partial charge in [-0.1, -0.05) is 23.7 Å². The average molecular weight is 358 g/mol. The number of rotatable bonds is 4. The van der Waals surface area contributed by atoms with Crippen LogP contribution in [0.2, 0.25) is 5.15 Å². The van der Waals surface area contributed by atoms with Gasteiger partial charge in [-0.05, 0) is 36.4 Å². The Morgan fingerprint density at radius 1 is 1.12 bits per heavy atom. The molecule has 0 atom stereocenters. The molecule has 3 aromatic rings. The van der Waals surface area contributed by atoms with Crippen LogP contribution in [0.25, 0.3) is 11.4 Å². The standard InChI is InChI=1S/C18H13ClFN3O2/c1-25-18(24)11-5-7-14(8-6-11)21-16-10-15(19)22-17(23-16)12-3-2-4-13(20)9-12/h2-10H,1H3,(H,21,22,23). The Bertz CT molecular complexity index is 916. The topological polar surface area (TPSA) is 64.1 Å². The number of hydrogen-bond donors (Lipinski definition) is 1. The SMILES string of the molecule is COC(=O)c1ccc(Nc2cc(Cl)nc(-c3cccc(F)c3)n2)cc1. The van der Waals surface area contributed by atoms with Crippen LogP contribution in [0.15, 0.2) is 54.6 Å². The fraction of sp³-hybridized carbons (Fsp3) is 0.0556. The van der Waals surface area contributed by atoms with Gasteiger partial charge in [0.1, 0.15) is 16.8 Å². The molecule has 0 saturated carbocycles. The number of aromatic nitrogens is 2. The highest BCUT2D eigenvalue weighted by Gasteiger charge is 2.08. The number of hydrogen-bond acceptors (Lipinski definition) is 5. The van der Waals surface area contributed by atoms with Crippen LogP contribution in [0, 0.1) is 5.82 Å². The minimum Gasteiger partial charge on any atom is -0.465 e. The van der Waals surface area contributed by atoms with Crippen molar-refractivity contribution in [3.8, 4) is 11.4 Å². The highest BCUT2D eigenvalue weighted by molar-refractivity contribution is 6.29. The minimum absolute atomic E-state index is 0.225. The summed E-state index contributed by atoms with van der Waals surface area (Å²) in [6, 6.07) is 14.2. The lowest BCUT2D eigenvalue weighted by atomic mass is 10.2. The molecule has 0 aliphatic rings. The van der Waals surface area contributed by atoms with Crippen LogP contribution < -0.4 is 5.32 Å². The second kappa shape index (κ2) is 7.27. The molecule has 0 spiro atoms. The molecule has 5 nitrogen and oxygen atoms in total. The van der Waals surface area contributed by atoms with E-state index in [0.29, 0.717) is 28.5 Å². The van der Waals surface area contributed by atoms with Crippen molar-refractivity contribution in [2.45, 2.75) is 0 Å². The van der Waals surface area contributed by atoms with E-state index in [-0.39, 0.29) is 11.0 Å². The first-order valence-electron chi connectivity index (χ1n) is 7.31. The van der Waals surface area contributed by atoms with Crippen molar-refractivity contribution in [2.24, 2.45) is 0 Å². The zero-order valence-corrected chi connectivity index (χ0v) is 13.9. The van der Waals surface area contributed by atoms with Crippen molar-refractivity contribution >= 4 is 29.1 Å². The monoisotopic (exact) mass is 357 g/mol. The third kappa shape index (κ3) is 4.10. The number of benzene rings is 2. The number of carbonyl (C=O) groups excluding carboxylic acids is 1. The third-order valence-corrected chi connectivity index (χ3v) is 3.55. The third-order valence-electron chi connectivity index (χ3n) is 3.36. The summed E-state index contributed by atoms with van der Waals surface area (Å²) in [5, 5.41) is 3.30. The van der Waals surface area contributed by atoms with E-state index in [0.717, 1.165) is 0 Å². The van der Waals surface area contributed by atoms with Crippen LogP contribution in [0.3, 0.4) is 0 Å². The summed E-state index contributed by atoms with van der Waals surface area (Å²) < 4.78 is 18.0. The van der Waals surface area contributed by atoms with Crippen molar-refractivity contribution in [1.29, 1.82) is 0 Å². The first kappa shape index (κ1) is 16.9. The summed E-state index contributed by atoms with van der Waals surface area (Å²) in [4.78, 5) is 19.9. The summed E-state index contributed by atoms with van der Waals surface area (Å²) in [6.07, 6.45) is 0. The van der Waals surface area contributed by atoms with Gasteiger partial charge in [0.25, 0.3) is 0 Å². The zero-order chi connectivity index (χ0) is 17.8. The fourth-order valence-corrected chi connectivity index (χ4v) is 2.38. The van der Waals surface area contributed by atoms with Crippen LogP contribution in [0.5, 0.6) is 0 Å². The molecule has 0 saturated heterocycles. The molecule has 1 aromatic heterocycles. The number of ether oxygens (including phenoxy) is 1. The maximum atomic E-state index is 13.4. The highest BCUT2D eigenvalue weighted by atomic mass is 35.5. The lowest BCUT2D eigenvalue weighted by Gasteiger charge is -2.09. The zero-order valence-electron chi connectivity index (χ0n) is 13.2. The Hall–Kier alpha value is -2.99. The lowest BCUT2D eigenvalue weighted by Crippen LogP contribution is -2.01. The van der Waals surface area contributed by atoms with E-state index in [2.05, 4.69) is 20.0 Å². The molecule has 0 fully saturated rings. The number of carbonyl (C=O) groups is 1. The minimum atomic E-state index is -0.412. The number of nitrogens with zero attached hydrogens (tertiary/aromatic N) is 2. The van der Waals surface area contributed by atoms with Gasteiger partial charge in [-0.25, -0.2) is 19.2 Å². The molecular formula is C18H13ClFN3O2. The molecule has 2 aromatic carbocycles. The molecule has 0 amide bonds. The Labute approximate surface area is 148 Å². The molecule has 0 aliphatic carbocycles. The van der Waals surface area contributed by atoms with E-state index in [1.54, 1.807) is 42.5 Å². The Kier molecular flexibility index (Phi) is 4.90. The first-order valence-corrected chi connectivity index (χ1v) is 7.69. The summed E-state index contributed by atoms with van der Waals surface area (Å²) in [6.45, 7) is 0. The van der Waals surface area contributed by atoms with E-state index < -0.39 is 5.97 Å². The number of esters is 1. The predicted octanol–water partition coefficient (Wildman–Crippen LogP) is 4.47. The molecule has 0 bridgehead atoms. The van der Waals surface area contributed by atoms with Crippen molar-refractivity contribution in [1.82, 2.24) is 9.97 Å². The molecule has 7 heteroatoms. The van der Waals surface area contributed by atoms with E-state index >= 15 is 0 Å². The Balaban J connectivity index is 1.87. The number of anilines is 2. The molecule has 0 radical (unpaired) electrons. The second-order valence-corrected chi connectivity index (χ2v) is 5.49. The van der Waals surface area contributed by atoms with Crippen LogP contribution >= 0.6 is 11.6 Å². The van der Waals surface area contributed by atoms with Gasteiger partial charge in [0.15, 0.2) is 5.82 Å². The van der Waals surface area contributed by atoms with E-state index in [9.17, 15) is 9.18 Å². The van der Waals surface area contributed by atoms with Gasteiger partial charge in [-0.3, -0.25) is 0 Å². The normalized spacial score (nSPS) is 10.4. The van der Waals surface area contributed by atoms with Crippen LogP contribution in [-0.2, 0) is 4.74 Å². The average Bonchev–Trinajstić information content (AvgIpc) is 2.61. The van der Waals surface area contributed by atoms with E-state index in [4.69, 9.17) is 11.6 Å². The molecule has 1 heterocycles. The van der Waals surface area contributed by atoms with Crippen LogP contribution in [0.4, 0.5) is 15.9 Å². The van der Waals surface area contributed by atoms with Gasteiger partial charge in [0, 0.05) is 17.3 Å². The van der Waals surface area contributed by atoms with E-state index in [1.165, 1.54) is 19.2 Å².